The van der Waals surface area contributed by atoms with E-state index in [1.165, 1.54) is 0 Å². The zero-order valence-electron chi connectivity index (χ0n) is 17.0. The molecule has 0 saturated heterocycles. The average Bonchev–Trinajstić information content (AvgIpc) is 3.26. The molecule has 0 fully saturated rings. The summed E-state index contributed by atoms with van der Waals surface area (Å²) in [5.41, 5.74) is 3.03. The monoisotopic (exact) mass is 433 g/mol. The van der Waals surface area contributed by atoms with Gasteiger partial charge in [-0.2, -0.15) is 5.10 Å². The summed E-state index contributed by atoms with van der Waals surface area (Å²) < 4.78 is 12.4. The van der Waals surface area contributed by atoms with E-state index in [0.717, 1.165) is 11.3 Å². The van der Waals surface area contributed by atoms with Gasteiger partial charge in [-0.15, -0.1) is 0 Å². The van der Waals surface area contributed by atoms with E-state index in [1.807, 2.05) is 48.7 Å². The Hall–Kier alpha value is -3.77. The quantitative estimate of drug-likeness (QED) is 0.438. The molecule has 31 heavy (non-hydrogen) atoms. The fourth-order valence-electron chi connectivity index (χ4n) is 3.21. The van der Waals surface area contributed by atoms with Crippen molar-refractivity contribution in [2.45, 2.75) is 0 Å². The number of halogens is 1. The first-order valence-corrected chi connectivity index (χ1v) is 9.92. The Kier molecular flexibility index (Phi) is 5.91. The predicted molar refractivity (Wildman–Crippen MR) is 122 cm³/mol. The lowest BCUT2D eigenvalue weighted by atomic mass is 10.1. The molecule has 0 unspecified atom stereocenters. The number of rotatable bonds is 6. The summed E-state index contributed by atoms with van der Waals surface area (Å²) in [5, 5.41) is 7.87. The SMILES string of the molecule is COc1ccc(-c2cn(-c3ccccc3)nc2C(=O)Nc2ccccc2Cl)cc1OC. The molecule has 4 aromatic rings. The molecule has 0 saturated carbocycles. The maximum Gasteiger partial charge on any atom is 0.276 e. The minimum atomic E-state index is -0.368. The lowest BCUT2D eigenvalue weighted by Gasteiger charge is -2.10. The number of hydrogen-bond acceptors (Lipinski definition) is 4. The fourth-order valence-corrected chi connectivity index (χ4v) is 3.40. The summed E-state index contributed by atoms with van der Waals surface area (Å²) in [4.78, 5) is 13.2. The van der Waals surface area contributed by atoms with Crippen molar-refractivity contribution < 1.29 is 14.3 Å². The van der Waals surface area contributed by atoms with Crippen molar-refractivity contribution in [2.24, 2.45) is 0 Å². The highest BCUT2D eigenvalue weighted by Crippen LogP contribution is 2.34. The Labute approximate surface area is 185 Å². The average molecular weight is 434 g/mol. The predicted octanol–water partition coefficient (Wildman–Crippen LogP) is 5.46. The van der Waals surface area contributed by atoms with E-state index in [-0.39, 0.29) is 11.6 Å². The van der Waals surface area contributed by atoms with Gasteiger partial charge in [0.1, 0.15) is 0 Å². The van der Waals surface area contributed by atoms with Gasteiger partial charge in [-0.25, -0.2) is 4.68 Å². The number of ether oxygens (including phenoxy) is 2. The van der Waals surface area contributed by atoms with Crippen LogP contribution in [0.4, 0.5) is 5.69 Å². The number of methoxy groups -OCH3 is 2. The summed E-state index contributed by atoms with van der Waals surface area (Å²) in [6.07, 6.45) is 1.82. The minimum absolute atomic E-state index is 0.260. The van der Waals surface area contributed by atoms with Crippen LogP contribution in [-0.4, -0.2) is 29.9 Å². The third kappa shape index (κ3) is 4.25. The molecule has 0 bridgehead atoms. The van der Waals surface area contributed by atoms with Gasteiger partial charge in [-0.1, -0.05) is 48.0 Å². The van der Waals surface area contributed by atoms with Crippen LogP contribution >= 0.6 is 11.6 Å². The third-order valence-electron chi connectivity index (χ3n) is 4.77. The van der Waals surface area contributed by atoms with Crippen molar-refractivity contribution in [1.82, 2.24) is 9.78 Å². The molecular formula is C24H20ClN3O3. The molecule has 1 amide bonds. The summed E-state index contributed by atoms with van der Waals surface area (Å²) in [7, 11) is 3.15. The molecule has 1 heterocycles. The van der Waals surface area contributed by atoms with Gasteiger partial charge in [0.25, 0.3) is 5.91 Å². The number of para-hydroxylation sites is 2. The molecule has 0 aliphatic heterocycles. The van der Waals surface area contributed by atoms with Crippen LogP contribution in [0.3, 0.4) is 0 Å². The van der Waals surface area contributed by atoms with Crippen LogP contribution in [-0.2, 0) is 0 Å². The Morgan fingerprint density at radius 1 is 0.935 bits per heavy atom. The molecule has 156 valence electrons. The largest absolute Gasteiger partial charge is 0.493 e. The Balaban J connectivity index is 1.81. The highest BCUT2D eigenvalue weighted by molar-refractivity contribution is 6.34. The van der Waals surface area contributed by atoms with E-state index in [2.05, 4.69) is 10.4 Å². The number of amides is 1. The summed E-state index contributed by atoms with van der Waals surface area (Å²) >= 11 is 6.22. The highest BCUT2D eigenvalue weighted by atomic mass is 35.5. The minimum Gasteiger partial charge on any atom is -0.493 e. The molecule has 1 aromatic heterocycles. The molecule has 3 aromatic carbocycles. The number of nitrogens with zero attached hydrogens (tertiary/aromatic N) is 2. The number of benzene rings is 3. The Morgan fingerprint density at radius 3 is 2.35 bits per heavy atom. The molecule has 0 aliphatic rings. The molecule has 7 heteroatoms. The fraction of sp³-hybridized carbons (Fsp3) is 0.0833. The first kappa shape index (κ1) is 20.5. The van der Waals surface area contributed by atoms with E-state index in [9.17, 15) is 4.79 Å². The van der Waals surface area contributed by atoms with Gasteiger partial charge in [-0.3, -0.25) is 4.79 Å². The summed E-state index contributed by atoms with van der Waals surface area (Å²) in [6, 6.07) is 22.1. The zero-order chi connectivity index (χ0) is 21.8. The second-order valence-corrected chi connectivity index (χ2v) is 7.08. The van der Waals surface area contributed by atoms with Crippen molar-refractivity contribution in [3.05, 3.63) is 89.7 Å². The number of carbonyl (C=O) groups excluding carboxylic acids is 1. The van der Waals surface area contributed by atoms with Crippen LogP contribution in [0, 0.1) is 0 Å². The van der Waals surface area contributed by atoms with Crippen molar-refractivity contribution in [1.29, 1.82) is 0 Å². The number of anilines is 1. The smallest absolute Gasteiger partial charge is 0.276 e. The molecule has 1 N–H and O–H groups in total. The molecule has 0 spiro atoms. The van der Waals surface area contributed by atoms with Crippen LogP contribution in [0.5, 0.6) is 11.5 Å². The van der Waals surface area contributed by atoms with Crippen LogP contribution in [0.15, 0.2) is 79.0 Å². The molecule has 6 nitrogen and oxygen atoms in total. The van der Waals surface area contributed by atoms with Crippen molar-refractivity contribution >= 4 is 23.2 Å². The maximum atomic E-state index is 13.2. The van der Waals surface area contributed by atoms with E-state index >= 15 is 0 Å². The topological polar surface area (TPSA) is 65.4 Å². The van der Waals surface area contributed by atoms with Gasteiger partial charge in [0, 0.05) is 11.8 Å². The first-order chi connectivity index (χ1) is 15.1. The second-order valence-electron chi connectivity index (χ2n) is 6.68. The molecule has 0 atom stereocenters. The van der Waals surface area contributed by atoms with E-state index < -0.39 is 0 Å². The Morgan fingerprint density at radius 2 is 1.65 bits per heavy atom. The molecule has 0 radical (unpaired) electrons. The van der Waals surface area contributed by atoms with Crippen molar-refractivity contribution in [3.8, 4) is 28.3 Å². The van der Waals surface area contributed by atoms with Crippen LogP contribution in [0.2, 0.25) is 5.02 Å². The number of hydrogen-bond donors (Lipinski definition) is 1. The van der Waals surface area contributed by atoms with Gasteiger partial charge in [0.05, 0.1) is 30.6 Å². The van der Waals surface area contributed by atoms with Crippen molar-refractivity contribution in [2.75, 3.05) is 19.5 Å². The number of nitrogens with one attached hydrogen (secondary N) is 1. The van der Waals surface area contributed by atoms with Gasteiger partial charge in [0.15, 0.2) is 17.2 Å². The molecule has 4 rings (SSSR count). The summed E-state index contributed by atoms with van der Waals surface area (Å²) in [5.74, 6) is 0.793. The second kappa shape index (κ2) is 8.93. The van der Waals surface area contributed by atoms with Crippen molar-refractivity contribution in [3.63, 3.8) is 0 Å². The lowest BCUT2D eigenvalue weighted by Crippen LogP contribution is -2.14. The zero-order valence-corrected chi connectivity index (χ0v) is 17.8. The van der Waals surface area contributed by atoms with Gasteiger partial charge in [0.2, 0.25) is 0 Å². The first-order valence-electron chi connectivity index (χ1n) is 9.54. The van der Waals surface area contributed by atoms with Crippen LogP contribution < -0.4 is 14.8 Å². The van der Waals surface area contributed by atoms with E-state index in [1.54, 1.807) is 49.2 Å². The summed E-state index contributed by atoms with van der Waals surface area (Å²) in [6.45, 7) is 0. The van der Waals surface area contributed by atoms with E-state index in [0.29, 0.717) is 27.8 Å². The van der Waals surface area contributed by atoms with Gasteiger partial charge >= 0.3 is 0 Å². The number of carbonyl (C=O) groups is 1. The van der Waals surface area contributed by atoms with Gasteiger partial charge in [-0.05, 0) is 42.0 Å². The normalized spacial score (nSPS) is 10.5. The Bertz CT molecular complexity index is 1220. The van der Waals surface area contributed by atoms with Crippen LogP contribution in [0.1, 0.15) is 10.5 Å². The van der Waals surface area contributed by atoms with Crippen LogP contribution in [0.25, 0.3) is 16.8 Å². The van der Waals surface area contributed by atoms with Gasteiger partial charge < -0.3 is 14.8 Å². The molecular weight excluding hydrogens is 414 g/mol. The lowest BCUT2D eigenvalue weighted by molar-refractivity contribution is 0.102. The maximum absolute atomic E-state index is 13.2. The third-order valence-corrected chi connectivity index (χ3v) is 5.10. The van der Waals surface area contributed by atoms with E-state index in [4.69, 9.17) is 21.1 Å². The number of aromatic nitrogens is 2. The standard InChI is InChI=1S/C24H20ClN3O3/c1-30-21-13-12-16(14-22(21)31-2)18-15-28(17-8-4-3-5-9-17)27-23(18)24(29)26-20-11-7-6-10-19(20)25/h3-15H,1-2H3,(H,26,29). The molecule has 0 aliphatic carbocycles. The highest BCUT2D eigenvalue weighted by Gasteiger charge is 2.21.